The zero-order valence-electron chi connectivity index (χ0n) is 27.5. The minimum absolute atomic E-state index is 0.0211. The summed E-state index contributed by atoms with van der Waals surface area (Å²) < 4.78 is 44.0. The van der Waals surface area contributed by atoms with Crippen molar-refractivity contribution in [2.45, 2.75) is 65.2 Å². The summed E-state index contributed by atoms with van der Waals surface area (Å²) in [4.78, 5) is 57.6. The van der Waals surface area contributed by atoms with Gasteiger partial charge < -0.3 is 24.4 Å². The number of hydrogen-bond acceptors (Lipinski definition) is 10. The van der Waals surface area contributed by atoms with E-state index >= 15 is 8.78 Å². The first kappa shape index (κ1) is 32.9. The third-order valence-electron chi connectivity index (χ3n) is 8.25. The van der Waals surface area contributed by atoms with E-state index in [0.717, 1.165) is 16.7 Å². The molecule has 1 saturated heterocycles. The maximum absolute atomic E-state index is 16.2. The number of nitrogens with zero attached hydrogens (tertiary/aromatic N) is 6. The third kappa shape index (κ3) is 5.84. The van der Waals surface area contributed by atoms with Crippen molar-refractivity contribution >= 4 is 28.7 Å². The minimum Gasteiger partial charge on any atom is -0.490 e. The maximum Gasteiger partial charge on any atom is 0.410 e. The van der Waals surface area contributed by atoms with Crippen LogP contribution in [0.15, 0.2) is 41.3 Å². The van der Waals surface area contributed by atoms with Crippen LogP contribution < -0.4 is 15.3 Å². The Morgan fingerprint density at radius 3 is 2.54 bits per heavy atom. The molecular weight excluding hydrogens is 626 g/mol. The summed E-state index contributed by atoms with van der Waals surface area (Å²) in [6.45, 7) is 10.9. The van der Waals surface area contributed by atoms with Crippen LogP contribution in [0.2, 0.25) is 0 Å². The molecule has 12 nitrogen and oxygen atoms in total. The summed E-state index contributed by atoms with van der Waals surface area (Å²) in [5.41, 5.74) is -2.15. The third-order valence-corrected chi connectivity index (χ3v) is 8.25. The zero-order valence-corrected chi connectivity index (χ0v) is 27.5. The fourth-order valence-corrected chi connectivity index (χ4v) is 6.07. The second-order valence-electron chi connectivity index (χ2n) is 13.3. The molecule has 5 heterocycles. The minimum atomic E-state index is -1.72. The van der Waals surface area contributed by atoms with Crippen LogP contribution in [0.5, 0.6) is 5.75 Å². The molecule has 0 spiro atoms. The SMILES string of the molecule is CC(C)c1nccc2c1-n1c(=O)nc(N3CCN(C(=O)OC(C)(C)C)C[C@@H]3C)c3cc(F)c(nc31)-c1c(F)cccc1OCC(O)C2=O. The number of amides is 1. The number of carbonyl (C=O) groups excluding carboxylic acids is 2. The molecule has 6 rings (SSSR count). The van der Waals surface area contributed by atoms with Gasteiger partial charge in [-0.15, -0.1) is 0 Å². The van der Waals surface area contributed by atoms with E-state index in [0.29, 0.717) is 5.69 Å². The number of ether oxygens (including phenoxy) is 2. The molecule has 1 fully saturated rings. The standard InChI is InChI=1S/C34H36F2N6O6/c1-17(2)26-28-19(10-11-37-26)29(44)23(43)16-47-24-9-7-8-21(35)25(24)27-22(36)14-20-30(39-32(45)42(28)31(20)38-27)41-13-12-40(15-18(41)3)33(46)48-34(4,5)6/h7-11,14,17-18,23,43H,12-13,15-16H2,1-6H3/t18-,23?/m0/s1. The zero-order chi connectivity index (χ0) is 34.7. The summed E-state index contributed by atoms with van der Waals surface area (Å²) in [5, 5.41) is 11.1. The number of hydrogen-bond donors (Lipinski definition) is 1. The lowest BCUT2D eigenvalue weighted by atomic mass is 9.99. The Morgan fingerprint density at radius 2 is 1.85 bits per heavy atom. The quantitative estimate of drug-likeness (QED) is 0.323. The lowest BCUT2D eigenvalue weighted by Gasteiger charge is -2.41. The number of halogens is 2. The molecular formula is C34H36F2N6O6. The molecule has 0 aliphatic carbocycles. The van der Waals surface area contributed by atoms with Gasteiger partial charge in [0.15, 0.2) is 23.4 Å². The van der Waals surface area contributed by atoms with Gasteiger partial charge in [-0.3, -0.25) is 9.78 Å². The van der Waals surface area contributed by atoms with Gasteiger partial charge in [0.05, 0.1) is 22.3 Å². The molecule has 1 unspecified atom stereocenters. The molecule has 252 valence electrons. The van der Waals surface area contributed by atoms with Crippen LogP contribution in [0.1, 0.15) is 63.5 Å². The van der Waals surface area contributed by atoms with E-state index in [4.69, 9.17) is 9.47 Å². The lowest BCUT2D eigenvalue weighted by Crippen LogP contribution is -2.55. The van der Waals surface area contributed by atoms with Crippen molar-refractivity contribution in [2.75, 3.05) is 31.1 Å². The van der Waals surface area contributed by atoms with Crippen LogP contribution in [0.3, 0.4) is 0 Å². The predicted molar refractivity (Wildman–Crippen MR) is 173 cm³/mol. The smallest absolute Gasteiger partial charge is 0.410 e. The van der Waals surface area contributed by atoms with Crippen molar-refractivity contribution in [1.29, 1.82) is 0 Å². The number of aromatic nitrogens is 4. The monoisotopic (exact) mass is 662 g/mol. The maximum atomic E-state index is 16.2. The van der Waals surface area contributed by atoms with E-state index in [1.54, 1.807) is 30.6 Å². The van der Waals surface area contributed by atoms with Crippen molar-refractivity contribution < 1.29 is 33.0 Å². The van der Waals surface area contributed by atoms with Gasteiger partial charge in [0, 0.05) is 37.4 Å². The molecule has 1 aromatic carbocycles. The molecule has 0 radical (unpaired) electrons. The number of aliphatic hydroxyl groups excluding tert-OH is 1. The molecule has 3 aromatic heterocycles. The van der Waals surface area contributed by atoms with Gasteiger partial charge in [-0.25, -0.2) is 27.9 Å². The highest BCUT2D eigenvalue weighted by molar-refractivity contribution is 6.03. The highest BCUT2D eigenvalue weighted by Crippen LogP contribution is 2.38. The number of anilines is 1. The normalized spacial score (nSPS) is 18.2. The Labute approximate surface area is 274 Å². The second-order valence-corrected chi connectivity index (χ2v) is 13.3. The molecule has 0 saturated carbocycles. The predicted octanol–water partition coefficient (Wildman–Crippen LogP) is 4.63. The largest absolute Gasteiger partial charge is 0.490 e. The number of aliphatic hydroxyl groups is 1. The molecule has 4 aromatic rings. The van der Waals surface area contributed by atoms with Crippen molar-refractivity contribution in [2.24, 2.45) is 0 Å². The Morgan fingerprint density at radius 1 is 1.10 bits per heavy atom. The number of ketones is 1. The first-order valence-corrected chi connectivity index (χ1v) is 15.7. The fraction of sp³-hybridized carbons (Fsp3) is 0.412. The van der Waals surface area contributed by atoms with Crippen LogP contribution in [-0.2, 0) is 4.74 Å². The highest BCUT2D eigenvalue weighted by atomic mass is 19.1. The Balaban J connectivity index is 1.63. The first-order chi connectivity index (χ1) is 22.7. The van der Waals surface area contributed by atoms with Crippen LogP contribution in [0.4, 0.5) is 19.4 Å². The van der Waals surface area contributed by atoms with E-state index in [1.807, 2.05) is 20.8 Å². The summed E-state index contributed by atoms with van der Waals surface area (Å²) in [6, 6.07) is 5.94. The van der Waals surface area contributed by atoms with Gasteiger partial charge in [0.25, 0.3) is 0 Å². The summed E-state index contributed by atoms with van der Waals surface area (Å²) >= 11 is 0. The van der Waals surface area contributed by atoms with Crippen LogP contribution >= 0.6 is 0 Å². The van der Waals surface area contributed by atoms with E-state index in [-0.39, 0.29) is 65.0 Å². The van der Waals surface area contributed by atoms with Crippen LogP contribution in [0.25, 0.3) is 28.0 Å². The van der Waals surface area contributed by atoms with Crippen LogP contribution in [0, 0.1) is 11.6 Å². The lowest BCUT2D eigenvalue weighted by molar-refractivity contribution is 0.0218. The van der Waals surface area contributed by atoms with Crippen LogP contribution in [-0.4, -0.2) is 85.4 Å². The van der Waals surface area contributed by atoms with Gasteiger partial charge in [0.2, 0.25) is 0 Å². The second kappa shape index (κ2) is 12.2. The average molecular weight is 663 g/mol. The first-order valence-electron chi connectivity index (χ1n) is 15.7. The number of pyridine rings is 2. The Kier molecular flexibility index (Phi) is 8.40. The number of Topliss-reactive ketones (excluding diaryl/α,β-unsaturated/α-hetero) is 1. The van der Waals surface area contributed by atoms with Gasteiger partial charge in [-0.05, 0) is 57.9 Å². The number of carbonyl (C=O) groups is 2. The van der Waals surface area contributed by atoms with Gasteiger partial charge in [-0.1, -0.05) is 19.9 Å². The topological polar surface area (TPSA) is 140 Å². The van der Waals surface area contributed by atoms with Crippen molar-refractivity contribution in [3.8, 4) is 22.7 Å². The molecule has 2 atom stereocenters. The van der Waals surface area contributed by atoms with Crippen molar-refractivity contribution in [1.82, 2.24) is 24.4 Å². The molecule has 1 amide bonds. The van der Waals surface area contributed by atoms with Gasteiger partial charge in [-0.2, -0.15) is 4.98 Å². The number of benzene rings is 1. The molecule has 2 aliphatic rings. The summed E-state index contributed by atoms with van der Waals surface area (Å²) in [5.74, 6) is -2.94. The fourth-order valence-electron chi connectivity index (χ4n) is 6.07. The van der Waals surface area contributed by atoms with E-state index in [2.05, 4.69) is 15.0 Å². The van der Waals surface area contributed by atoms with E-state index in [9.17, 15) is 19.5 Å². The Hall–Kier alpha value is -4.98. The number of fused-ring (bicyclic) bond motifs is 5. The average Bonchev–Trinajstić information content (AvgIpc) is 3.01. The van der Waals surface area contributed by atoms with Gasteiger partial charge in [0.1, 0.15) is 35.3 Å². The van der Waals surface area contributed by atoms with Gasteiger partial charge >= 0.3 is 11.8 Å². The van der Waals surface area contributed by atoms with Crippen molar-refractivity contribution in [3.05, 3.63) is 69.9 Å². The number of piperazine rings is 1. The Bertz CT molecular complexity index is 2010. The molecule has 48 heavy (non-hydrogen) atoms. The summed E-state index contributed by atoms with van der Waals surface area (Å²) in [7, 11) is 0. The highest BCUT2D eigenvalue weighted by Gasteiger charge is 2.34. The number of rotatable bonds is 2. The van der Waals surface area contributed by atoms with Crippen molar-refractivity contribution in [3.63, 3.8) is 0 Å². The molecule has 1 N–H and O–H groups in total. The van der Waals surface area contributed by atoms with E-state index in [1.165, 1.54) is 24.4 Å². The summed E-state index contributed by atoms with van der Waals surface area (Å²) in [6.07, 6.45) is -0.810. The molecule has 2 bridgehead atoms. The molecule has 2 aliphatic heterocycles. The van der Waals surface area contributed by atoms with E-state index < -0.39 is 59.2 Å². The molecule has 14 heteroatoms.